The molecule has 0 unspecified atom stereocenters. The number of hydrogen-bond acceptors (Lipinski definition) is 2. The summed E-state index contributed by atoms with van der Waals surface area (Å²) >= 11 is 17.0. The van der Waals surface area contributed by atoms with Crippen LogP contribution in [0.25, 0.3) is 0 Å². The number of halogens is 2. The number of carbonyl (C=O) groups excluding carboxylic acids is 1. The molecule has 1 amide bonds. The van der Waals surface area contributed by atoms with Crippen LogP contribution < -0.4 is 10.6 Å². The van der Waals surface area contributed by atoms with Gasteiger partial charge in [0, 0.05) is 5.02 Å². The molecule has 0 aromatic heterocycles. The van der Waals surface area contributed by atoms with Crippen LogP contribution in [0.5, 0.6) is 0 Å². The van der Waals surface area contributed by atoms with Crippen molar-refractivity contribution in [1.29, 1.82) is 0 Å². The number of amides is 1. The molecule has 0 spiro atoms. The van der Waals surface area contributed by atoms with Crippen molar-refractivity contribution in [2.24, 2.45) is 0 Å². The lowest BCUT2D eigenvalue weighted by molar-refractivity contribution is -0.119. The van der Waals surface area contributed by atoms with Crippen LogP contribution >= 0.6 is 35.4 Å². The molecule has 2 aromatic rings. The molecule has 0 aliphatic heterocycles. The quantitative estimate of drug-likeness (QED) is 0.829. The Balaban J connectivity index is 1.92. The van der Waals surface area contributed by atoms with Gasteiger partial charge >= 0.3 is 0 Å². The molecule has 0 atom stereocenters. The van der Waals surface area contributed by atoms with Gasteiger partial charge in [-0.05, 0) is 36.0 Å². The summed E-state index contributed by atoms with van der Waals surface area (Å²) in [7, 11) is 0. The Labute approximate surface area is 138 Å². The molecule has 0 radical (unpaired) electrons. The molecule has 2 aromatic carbocycles. The van der Waals surface area contributed by atoms with Gasteiger partial charge in [-0.15, -0.1) is 0 Å². The summed E-state index contributed by atoms with van der Waals surface area (Å²) in [5.74, 6) is -0.197. The van der Waals surface area contributed by atoms with Gasteiger partial charge in [-0.1, -0.05) is 53.5 Å². The Bertz CT molecular complexity index is 662. The van der Waals surface area contributed by atoms with Crippen molar-refractivity contribution in [2.45, 2.75) is 6.42 Å². The highest BCUT2D eigenvalue weighted by molar-refractivity contribution is 7.80. The van der Waals surface area contributed by atoms with Gasteiger partial charge in [0.2, 0.25) is 5.91 Å². The second-order valence-electron chi connectivity index (χ2n) is 4.29. The van der Waals surface area contributed by atoms with E-state index < -0.39 is 0 Å². The normalized spacial score (nSPS) is 10.0. The fourth-order valence-electron chi connectivity index (χ4n) is 1.70. The highest BCUT2D eigenvalue weighted by Crippen LogP contribution is 2.25. The zero-order valence-corrected chi connectivity index (χ0v) is 13.2. The smallest absolute Gasteiger partial charge is 0.230 e. The summed E-state index contributed by atoms with van der Waals surface area (Å²) < 4.78 is 0. The Morgan fingerprint density at radius 2 is 1.81 bits per heavy atom. The third-order valence-electron chi connectivity index (χ3n) is 2.64. The third-order valence-corrected chi connectivity index (χ3v) is 3.41. The zero-order valence-electron chi connectivity index (χ0n) is 10.9. The van der Waals surface area contributed by atoms with Crippen LogP contribution in [0.2, 0.25) is 10.0 Å². The highest BCUT2D eigenvalue weighted by Gasteiger charge is 2.08. The average molecular weight is 339 g/mol. The van der Waals surface area contributed by atoms with Crippen molar-refractivity contribution in [3.63, 3.8) is 0 Å². The monoisotopic (exact) mass is 338 g/mol. The molecule has 0 fully saturated rings. The first-order valence-electron chi connectivity index (χ1n) is 6.14. The predicted molar refractivity (Wildman–Crippen MR) is 91.0 cm³/mol. The van der Waals surface area contributed by atoms with Crippen LogP contribution in [0.15, 0.2) is 48.5 Å². The van der Waals surface area contributed by atoms with E-state index in [9.17, 15) is 4.79 Å². The Hall–Kier alpha value is -1.62. The van der Waals surface area contributed by atoms with Crippen LogP contribution in [0.3, 0.4) is 0 Å². The maximum Gasteiger partial charge on any atom is 0.230 e. The minimum atomic E-state index is -0.197. The fraction of sp³-hybridized carbons (Fsp3) is 0.0667. The lowest BCUT2D eigenvalue weighted by atomic mass is 10.1. The number of nitrogens with one attached hydrogen (secondary N) is 2. The van der Waals surface area contributed by atoms with E-state index >= 15 is 0 Å². The van der Waals surface area contributed by atoms with Gasteiger partial charge in [0.25, 0.3) is 0 Å². The number of thiocarbonyl (C=S) groups is 1. The Morgan fingerprint density at radius 1 is 1.10 bits per heavy atom. The maximum atomic E-state index is 11.9. The van der Waals surface area contributed by atoms with Crippen molar-refractivity contribution in [1.82, 2.24) is 5.32 Å². The molecule has 3 nitrogen and oxygen atoms in total. The summed E-state index contributed by atoms with van der Waals surface area (Å²) in [4.78, 5) is 11.9. The first kappa shape index (κ1) is 15.8. The van der Waals surface area contributed by atoms with E-state index in [1.165, 1.54) is 0 Å². The molecule has 2 N–H and O–H groups in total. The minimum absolute atomic E-state index is 0.181. The third kappa shape index (κ3) is 5.01. The predicted octanol–water partition coefficient (Wildman–Crippen LogP) is 4.05. The number of benzene rings is 2. The molecule has 0 aliphatic rings. The van der Waals surface area contributed by atoms with Gasteiger partial charge < -0.3 is 10.6 Å². The van der Waals surface area contributed by atoms with Crippen molar-refractivity contribution in [2.75, 3.05) is 5.32 Å². The highest BCUT2D eigenvalue weighted by atomic mass is 35.5. The van der Waals surface area contributed by atoms with Crippen LogP contribution in [0.1, 0.15) is 5.56 Å². The van der Waals surface area contributed by atoms with E-state index in [2.05, 4.69) is 10.6 Å². The van der Waals surface area contributed by atoms with Crippen LogP contribution in [-0.4, -0.2) is 11.0 Å². The first-order chi connectivity index (χ1) is 10.0. The van der Waals surface area contributed by atoms with Crippen LogP contribution in [-0.2, 0) is 11.2 Å². The lowest BCUT2D eigenvalue weighted by Crippen LogP contribution is -2.35. The number of anilines is 1. The SMILES string of the molecule is O=C(Cc1ccccc1)NC(=S)Nc1cc(Cl)ccc1Cl. The number of rotatable bonds is 3. The Morgan fingerprint density at radius 3 is 2.52 bits per heavy atom. The topological polar surface area (TPSA) is 41.1 Å². The average Bonchev–Trinajstić information content (AvgIpc) is 2.43. The molecular formula is C15H12Cl2N2OS. The summed E-state index contributed by atoms with van der Waals surface area (Å²) in [6, 6.07) is 14.4. The first-order valence-corrected chi connectivity index (χ1v) is 7.31. The molecule has 0 heterocycles. The van der Waals surface area contributed by atoms with Crippen LogP contribution in [0, 0.1) is 0 Å². The summed E-state index contributed by atoms with van der Waals surface area (Å²) in [6.07, 6.45) is 0.256. The molecule has 6 heteroatoms. The maximum absolute atomic E-state index is 11.9. The summed E-state index contributed by atoms with van der Waals surface area (Å²) in [6.45, 7) is 0. The second kappa shape index (κ2) is 7.41. The van der Waals surface area contributed by atoms with E-state index in [1.807, 2.05) is 30.3 Å². The van der Waals surface area contributed by atoms with Gasteiger partial charge in [0.1, 0.15) is 0 Å². The zero-order chi connectivity index (χ0) is 15.2. The Kier molecular flexibility index (Phi) is 5.56. The molecule has 0 bridgehead atoms. The summed E-state index contributed by atoms with van der Waals surface area (Å²) in [5, 5.41) is 6.63. The van der Waals surface area contributed by atoms with Gasteiger partial charge in [0.05, 0.1) is 17.1 Å². The van der Waals surface area contributed by atoms with Gasteiger partial charge in [0.15, 0.2) is 5.11 Å². The van der Waals surface area contributed by atoms with E-state index in [-0.39, 0.29) is 17.4 Å². The molecular weight excluding hydrogens is 327 g/mol. The largest absolute Gasteiger partial charge is 0.331 e. The van der Waals surface area contributed by atoms with Crippen molar-refractivity contribution in [3.8, 4) is 0 Å². The van der Waals surface area contributed by atoms with Gasteiger partial charge in [-0.25, -0.2) is 0 Å². The molecule has 0 saturated carbocycles. The summed E-state index contributed by atoms with van der Waals surface area (Å²) in [5.41, 5.74) is 1.47. The van der Waals surface area contributed by atoms with E-state index in [0.717, 1.165) is 5.56 Å². The molecule has 108 valence electrons. The van der Waals surface area contributed by atoms with Crippen molar-refractivity contribution < 1.29 is 4.79 Å². The van der Waals surface area contributed by atoms with Crippen LogP contribution in [0.4, 0.5) is 5.69 Å². The molecule has 2 rings (SSSR count). The van der Waals surface area contributed by atoms with E-state index in [0.29, 0.717) is 15.7 Å². The number of hydrogen-bond donors (Lipinski definition) is 2. The van der Waals surface area contributed by atoms with Gasteiger partial charge in [-0.3, -0.25) is 4.79 Å². The fourth-order valence-corrected chi connectivity index (χ4v) is 2.26. The molecule has 21 heavy (non-hydrogen) atoms. The number of carbonyl (C=O) groups is 1. The van der Waals surface area contributed by atoms with E-state index in [1.54, 1.807) is 18.2 Å². The minimum Gasteiger partial charge on any atom is -0.331 e. The molecule has 0 saturated heterocycles. The lowest BCUT2D eigenvalue weighted by Gasteiger charge is -2.11. The standard InChI is InChI=1S/C15H12Cl2N2OS/c16-11-6-7-12(17)13(9-11)18-15(21)19-14(20)8-10-4-2-1-3-5-10/h1-7,9H,8H2,(H2,18,19,20,21). The second-order valence-corrected chi connectivity index (χ2v) is 5.54. The van der Waals surface area contributed by atoms with Crippen molar-refractivity contribution in [3.05, 3.63) is 64.1 Å². The van der Waals surface area contributed by atoms with Gasteiger partial charge in [-0.2, -0.15) is 0 Å². The molecule has 0 aliphatic carbocycles. The van der Waals surface area contributed by atoms with E-state index in [4.69, 9.17) is 35.4 Å². The van der Waals surface area contributed by atoms with Crippen molar-refractivity contribution >= 4 is 52.1 Å².